The molecule has 1 atom stereocenters. The number of nitrogens with two attached hydrogens (primary N) is 1. The molecule has 100 valence electrons. The smallest absolute Gasteiger partial charge is 0.133 e. The van der Waals surface area contributed by atoms with E-state index in [0.29, 0.717) is 0 Å². The van der Waals surface area contributed by atoms with Crippen LogP contribution in [0, 0.1) is 0 Å². The van der Waals surface area contributed by atoms with Gasteiger partial charge < -0.3 is 10.6 Å². The van der Waals surface area contributed by atoms with E-state index in [1.165, 1.54) is 13.0 Å². The Bertz CT molecular complexity index is 370. The molecule has 1 unspecified atom stereocenters. The molecule has 1 aliphatic heterocycles. The van der Waals surface area contributed by atoms with Crippen molar-refractivity contribution in [3.63, 3.8) is 0 Å². The summed E-state index contributed by atoms with van der Waals surface area (Å²) in [7, 11) is 0. The largest absolute Gasteiger partial charge is 0.354 e. The molecule has 1 fully saturated rings. The molecule has 0 amide bonds. The monoisotopic (exact) mass is 248 g/mol. The first-order valence-electron chi connectivity index (χ1n) is 6.90. The first-order valence-corrected chi connectivity index (χ1v) is 6.90. The van der Waals surface area contributed by atoms with Gasteiger partial charge in [0.25, 0.3) is 0 Å². The van der Waals surface area contributed by atoms with Gasteiger partial charge in [-0.15, -0.1) is 0 Å². The summed E-state index contributed by atoms with van der Waals surface area (Å²) in [5.41, 5.74) is 7.17. The number of nitrogens with zero attached hydrogens (tertiary/aromatic N) is 3. The molecule has 4 heteroatoms. The summed E-state index contributed by atoms with van der Waals surface area (Å²) in [5, 5.41) is 0. The van der Waals surface area contributed by atoms with Gasteiger partial charge in [0.2, 0.25) is 0 Å². The van der Waals surface area contributed by atoms with Gasteiger partial charge in [-0.25, -0.2) is 4.98 Å². The topological polar surface area (TPSA) is 45.4 Å². The average molecular weight is 248 g/mol. The molecule has 1 aliphatic rings. The van der Waals surface area contributed by atoms with Crippen molar-refractivity contribution in [2.45, 2.75) is 26.3 Å². The molecule has 2 N–H and O–H groups in total. The highest BCUT2D eigenvalue weighted by molar-refractivity contribution is 5.48. The Labute approximate surface area is 110 Å². The Morgan fingerprint density at radius 3 is 2.67 bits per heavy atom. The lowest BCUT2D eigenvalue weighted by Crippen LogP contribution is -2.47. The maximum atomic E-state index is 6.02. The van der Waals surface area contributed by atoms with Gasteiger partial charge in [-0.2, -0.15) is 0 Å². The number of rotatable bonds is 4. The van der Waals surface area contributed by atoms with Crippen LogP contribution in [0.25, 0.3) is 0 Å². The quantitative estimate of drug-likeness (QED) is 0.880. The van der Waals surface area contributed by atoms with Crippen LogP contribution in [0.4, 0.5) is 5.82 Å². The minimum atomic E-state index is 0.0439. The van der Waals surface area contributed by atoms with Crippen LogP contribution in [0.3, 0.4) is 0 Å². The molecule has 1 aromatic rings. The molecular weight excluding hydrogens is 224 g/mol. The standard InChI is InChI=1S/C14H24N4/c1-3-7-17-8-10-18(11-9-17)14-13(12(2)15)5-4-6-16-14/h4-6,12H,3,7-11,15H2,1-2H3. The third-order valence-corrected chi connectivity index (χ3v) is 3.52. The molecule has 18 heavy (non-hydrogen) atoms. The fourth-order valence-corrected chi connectivity index (χ4v) is 2.53. The van der Waals surface area contributed by atoms with E-state index in [-0.39, 0.29) is 6.04 Å². The fraction of sp³-hybridized carbons (Fsp3) is 0.643. The Kier molecular flexibility index (Phi) is 4.55. The first-order chi connectivity index (χ1) is 8.72. The maximum Gasteiger partial charge on any atom is 0.133 e. The van der Waals surface area contributed by atoms with Crippen molar-refractivity contribution in [2.75, 3.05) is 37.6 Å². The Morgan fingerprint density at radius 1 is 1.33 bits per heavy atom. The second kappa shape index (κ2) is 6.16. The van der Waals surface area contributed by atoms with Gasteiger partial charge in [-0.1, -0.05) is 13.0 Å². The summed E-state index contributed by atoms with van der Waals surface area (Å²) in [4.78, 5) is 9.41. The molecule has 0 bridgehead atoms. The molecule has 0 radical (unpaired) electrons. The van der Waals surface area contributed by atoms with E-state index < -0.39 is 0 Å². The second-order valence-electron chi connectivity index (χ2n) is 5.03. The molecule has 0 spiro atoms. The molecule has 2 rings (SSSR count). The molecule has 0 aromatic carbocycles. The Balaban J connectivity index is 2.05. The average Bonchev–Trinajstić information content (AvgIpc) is 2.40. The van der Waals surface area contributed by atoms with Crippen LogP contribution in [0.5, 0.6) is 0 Å². The van der Waals surface area contributed by atoms with E-state index in [9.17, 15) is 0 Å². The number of pyridine rings is 1. The summed E-state index contributed by atoms with van der Waals surface area (Å²) in [6.07, 6.45) is 3.09. The highest BCUT2D eigenvalue weighted by atomic mass is 15.3. The summed E-state index contributed by atoms with van der Waals surface area (Å²) >= 11 is 0. The van der Waals surface area contributed by atoms with Crippen molar-refractivity contribution in [3.05, 3.63) is 23.9 Å². The summed E-state index contributed by atoms with van der Waals surface area (Å²) in [6, 6.07) is 4.10. The summed E-state index contributed by atoms with van der Waals surface area (Å²) in [6.45, 7) is 9.82. The Morgan fingerprint density at radius 2 is 2.06 bits per heavy atom. The lowest BCUT2D eigenvalue weighted by molar-refractivity contribution is 0.257. The molecule has 4 nitrogen and oxygen atoms in total. The number of aromatic nitrogens is 1. The molecule has 2 heterocycles. The van der Waals surface area contributed by atoms with Gasteiger partial charge in [-0.3, -0.25) is 4.90 Å². The van der Waals surface area contributed by atoms with Crippen LogP contribution in [-0.2, 0) is 0 Å². The Hall–Kier alpha value is -1.13. The van der Waals surface area contributed by atoms with Gasteiger partial charge >= 0.3 is 0 Å². The minimum absolute atomic E-state index is 0.0439. The highest BCUT2D eigenvalue weighted by Crippen LogP contribution is 2.23. The molecular formula is C14H24N4. The van der Waals surface area contributed by atoms with Crippen LogP contribution in [-0.4, -0.2) is 42.6 Å². The van der Waals surface area contributed by atoms with Gasteiger partial charge in [0.1, 0.15) is 5.82 Å². The van der Waals surface area contributed by atoms with Crippen molar-refractivity contribution in [1.29, 1.82) is 0 Å². The van der Waals surface area contributed by atoms with Crippen LogP contribution in [0.15, 0.2) is 18.3 Å². The first kappa shape index (κ1) is 13.3. The van der Waals surface area contributed by atoms with Crippen LogP contribution >= 0.6 is 0 Å². The van der Waals surface area contributed by atoms with Crippen molar-refractivity contribution < 1.29 is 0 Å². The number of piperazine rings is 1. The number of hydrogen-bond acceptors (Lipinski definition) is 4. The number of hydrogen-bond donors (Lipinski definition) is 1. The SMILES string of the molecule is CCCN1CCN(c2ncccc2C(C)N)CC1. The van der Waals surface area contributed by atoms with Gasteiger partial charge in [0.15, 0.2) is 0 Å². The zero-order valence-electron chi connectivity index (χ0n) is 11.5. The molecule has 1 aromatic heterocycles. The van der Waals surface area contributed by atoms with E-state index in [1.54, 1.807) is 0 Å². The van der Waals surface area contributed by atoms with E-state index >= 15 is 0 Å². The maximum absolute atomic E-state index is 6.02. The van der Waals surface area contributed by atoms with E-state index in [1.807, 2.05) is 19.2 Å². The van der Waals surface area contributed by atoms with Crippen molar-refractivity contribution in [2.24, 2.45) is 5.73 Å². The molecule has 0 saturated carbocycles. The van der Waals surface area contributed by atoms with Crippen LogP contribution in [0.1, 0.15) is 31.9 Å². The molecule has 0 aliphatic carbocycles. The summed E-state index contributed by atoms with van der Waals surface area (Å²) in [5.74, 6) is 1.07. The van der Waals surface area contributed by atoms with Crippen LogP contribution in [0.2, 0.25) is 0 Å². The number of anilines is 1. The van der Waals surface area contributed by atoms with E-state index in [2.05, 4.69) is 27.8 Å². The van der Waals surface area contributed by atoms with E-state index in [0.717, 1.165) is 37.6 Å². The zero-order chi connectivity index (χ0) is 13.0. The minimum Gasteiger partial charge on any atom is -0.354 e. The van der Waals surface area contributed by atoms with Crippen molar-refractivity contribution >= 4 is 5.82 Å². The van der Waals surface area contributed by atoms with Gasteiger partial charge in [-0.05, 0) is 26.0 Å². The predicted molar refractivity (Wildman–Crippen MR) is 75.8 cm³/mol. The third kappa shape index (κ3) is 3.00. The van der Waals surface area contributed by atoms with Crippen molar-refractivity contribution in [3.8, 4) is 0 Å². The predicted octanol–water partition coefficient (Wildman–Crippen LogP) is 1.63. The lowest BCUT2D eigenvalue weighted by atomic mass is 10.1. The summed E-state index contributed by atoms with van der Waals surface area (Å²) < 4.78 is 0. The normalized spacial score (nSPS) is 18.9. The molecule has 1 saturated heterocycles. The fourth-order valence-electron chi connectivity index (χ4n) is 2.53. The second-order valence-corrected chi connectivity index (χ2v) is 5.03. The third-order valence-electron chi connectivity index (χ3n) is 3.52. The lowest BCUT2D eigenvalue weighted by Gasteiger charge is -2.36. The van der Waals surface area contributed by atoms with Gasteiger partial charge in [0.05, 0.1) is 0 Å². The highest BCUT2D eigenvalue weighted by Gasteiger charge is 2.20. The zero-order valence-corrected chi connectivity index (χ0v) is 11.5. The van der Waals surface area contributed by atoms with Crippen LogP contribution < -0.4 is 10.6 Å². The van der Waals surface area contributed by atoms with E-state index in [4.69, 9.17) is 5.73 Å². The van der Waals surface area contributed by atoms with Gasteiger partial charge in [0, 0.05) is 44.0 Å². The van der Waals surface area contributed by atoms with Crippen molar-refractivity contribution in [1.82, 2.24) is 9.88 Å².